The van der Waals surface area contributed by atoms with Crippen LogP contribution < -0.4 is 14.8 Å². The van der Waals surface area contributed by atoms with Gasteiger partial charge in [-0.3, -0.25) is 4.79 Å². The van der Waals surface area contributed by atoms with Crippen LogP contribution in [0.15, 0.2) is 30.3 Å². The van der Waals surface area contributed by atoms with Crippen LogP contribution >= 0.6 is 11.6 Å². The number of halogens is 1. The second-order valence-electron chi connectivity index (χ2n) is 5.25. The van der Waals surface area contributed by atoms with E-state index in [9.17, 15) is 4.79 Å². The average molecular weight is 318 g/mol. The minimum absolute atomic E-state index is 0.231. The van der Waals surface area contributed by atoms with Crippen LogP contribution in [0.3, 0.4) is 0 Å². The quantitative estimate of drug-likeness (QED) is 0.911. The molecule has 0 atom stereocenters. The Morgan fingerprint density at radius 1 is 1.09 bits per heavy atom. The summed E-state index contributed by atoms with van der Waals surface area (Å²) in [6.07, 6.45) is 0. The molecule has 2 aromatic rings. The molecule has 0 spiro atoms. The van der Waals surface area contributed by atoms with Crippen molar-refractivity contribution in [1.29, 1.82) is 0 Å². The number of carbonyl (C=O) groups excluding carboxylic acids is 1. The van der Waals surface area contributed by atoms with E-state index in [0.717, 1.165) is 11.1 Å². The van der Waals surface area contributed by atoms with Gasteiger partial charge in [-0.1, -0.05) is 17.7 Å². The Balaban J connectivity index is 1.86. The maximum Gasteiger partial charge on any atom is 0.255 e. The Morgan fingerprint density at radius 3 is 2.55 bits per heavy atom. The van der Waals surface area contributed by atoms with Gasteiger partial charge < -0.3 is 14.8 Å². The molecule has 0 fully saturated rings. The van der Waals surface area contributed by atoms with Crippen LogP contribution in [0, 0.1) is 13.8 Å². The van der Waals surface area contributed by atoms with E-state index in [-0.39, 0.29) is 5.91 Å². The first-order valence-electron chi connectivity index (χ1n) is 7.02. The molecular weight excluding hydrogens is 302 g/mol. The lowest BCUT2D eigenvalue weighted by Crippen LogP contribution is -2.17. The summed E-state index contributed by atoms with van der Waals surface area (Å²) in [4.78, 5) is 12.4. The van der Waals surface area contributed by atoms with E-state index in [4.69, 9.17) is 21.1 Å². The summed E-state index contributed by atoms with van der Waals surface area (Å²) in [5.41, 5.74) is 3.11. The van der Waals surface area contributed by atoms with Crippen LogP contribution in [0.2, 0.25) is 5.02 Å². The normalized spacial score (nSPS) is 12.9. The minimum Gasteiger partial charge on any atom is -0.486 e. The molecule has 114 valence electrons. The zero-order valence-corrected chi connectivity index (χ0v) is 13.2. The van der Waals surface area contributed by atoms with Crippen molar-refractivity contribution in [2.45, 2.75) is 13.8 Å². The Hall–Kier alpha value is -2.20. The van der Waals surface area contributed by atoms with E-state index in [1.54, 1.807) is 18.2 Å². The number of ether oxygens (including phenoxy) is 2. The predicted molar refractivity (Wildman–Crippen MR) is 86.3 cm³/mol. The molecule has 0 saturated carbocycles. The number of carbonyl (C=O) groups is 1. The molecule has 0 aliphatic carbocycles. The van der Waals surface area contributed by atoms with Crippen molar-refractivity contribution in [2.24, 2.45) is 0 Å². The molecule has 1 heterocycles. The number of fused-ring (bicyclic) bond motifs is 1. The standard InChI is InChI=1S/C17H16ClNO3/c1-10-7-11(2)16(13(18)8-10)19-17(20)12-3-4-14-15(9-12)22-6-5-21-14/h3-4,7-9H,5-6H2,1-2H3,(H,19,20). The summed E-state index contributed by atoms with van der Waals surface area (Å²) < 4.78 is 10.9. The summed E-state index contributed by atoms with van der Waals surface area (Å²) in [5, 5.41) is 3.39. The zero-order chi connectivity index (χ0) is 15.7. The number of amides is 1. The lowest BCUT2D eigenvalue weighted by atomic mass is 10.1. The number of anilines is 1. The Labute approximate surface area is 134 Å². The highest BCUT2D eigenvalue weighted by molar-refractivity contribution is 6.34. The van der Waals surface area contributed by atoms with Crippen molar-refractivity contribution in [3.05, 3.63) is 52.0 Å². The van der Waals surface area contributed by atoms with Gasteiger partial charge in [0.25, 0.3) is 5.91 Å². The highest BCUT2D eigenvalue weighted by atomic mass is 35.5. The molecule has 0 unspecified atom stereocenters. The summed E-state index contributed by atoms with van der Waals surface area (Å²) >= 11 is 6.22. The number of hydrogen-bond acceptors (Lipinski definition) is 3. The van der Waals surface area contributed by atoms with Gasteiger partial charge in [0.15, 0.2) is 11.5 Å². The van der Waals surface area contributed by atoms with Gasteiger partial charge in [0, 0.05) is 5.56 Å². The maximum absolute atomic E-state index is 12.4. The molecule has 1 aliphatic heterocycles. The van der Waals surface area contributed by atoms with Crippen LogP contribution in [0.4, 0.5) is 5.69 Å². The van der Waals surface area contributed by atoms with Crippen molar-refractivity contribution >= 4 is 23.2 Å². The first-order chi connectivity index (χ1) is 10.5. The van der Waals surface area contributed by atoms with Gasteiger partial charge in [-0.05, 0) is 49.2 Å². The summed E-state index contributed by atoms with van der Waals surface area (Å²) in [6.45, 7) is 4.89. The zero-order valence-electron chi connectivity index (χ0n) is 12.4. The first-order valence-corrected chi connectivity index (χ1v) is 7.40. The third-order valence-electron chi connectivity index (χ3n) is 3.47. The molecule has 1 aliphatic rings. The number of aryl methyl sites for hydroxylation is 2. The highest BCUT2D eigenvalue weighted by Gasteiger charge is 2.16. The molecule has 0 aromatic heterocycles. The molecule has 0 radical (unpaired) electrons. The molecule has 22 heavy (non-hydrogen) atoms. The Kier molecular flexibility index (Phi) is 3.94. The largest absolute Gasteiger partial charge is 0.486 e. The summed E-state index contributed by atoms with van der Waals surface area (Å²) in [6, 6.07) is 8.94. The lowest BCUT2D eigenvalue weighted by molar-refractivity contribution is 0.102. The van der Waals surface area contributed by atoms with Gasteiger partial charge in [0.05, 0.1) is 10.7 Å². The van der Waals surface area contributed by atoms with Crippen molar-refractivity contribution < 1.29 is 14.3 Å². The SMILES string of the molecule is Cc1cc(C)c(NC(=O)c2ccc3c(c2)OCCO3)c(Cl)c1. The average Bonchev–Trinajstić information content (AvgIpc) is 2.50. The van der Waals surface area contributed by atoms with E-state index < -0.39 is 0 Å². The molecule has 1 amide bonds. The Bertz CT molecular complexity index is 720. The van der Waals surface area contributed by atoms with E-state index in [1.807, 2.05) is 26.0 Å². The van der Waals surface area contributed by atoms with E-state index in [2.05, 4.69) is 5.32 Å². The number of nitrogens with one attached hydrogen (secondary N) is 1. The summed E-state index contributed by atoms with van der Waals surface area (Å²) in [5.74, 6) is 1.02. The highest BCUT2D eigenvalue weighted by Crippen LogP contribution is 2.32. The fourth-order valence-electron chi connectivity index (χ4n) is 2.44. The van der Waals surface area contributed by atoms with Gasteiger partial charge >= 0.3 is 0 Å². The monoisotopic (exact) mass is 317 g/mol. The topological polar surface area (TPSA) is 47.6 Å². The fourth-order valence-corrected chi connectivity index (χ4v) is 2.81. The molecule has 1 N–H and O–H groups in total. The van der Waals surface area contributed by atoms with Gasteiger partial charge in [-0.2, -0.15) is 0 Å². The van der Waals surface area contributed by atoms with Crippen LogP contribution in [0.1, 0.15) is 21.5 Å². The van der Waals surface area contributed by atoms with E-state index in [1.165, 1.54) is 0 Å². The number of benzene rings is 2. The third-order valence-corrected chi connectivity index (χ3v) is 3.77. The van der Waals surface area contributed by atoms with E-state index >= 15 is 0 Å². The number of hydrogen-bond donors (Lipinski definition) is 1. The van der Waals surface area contributed by atoms with Gasteiger partial charge in [-0.15, -0.1) is 0 Å². The van der Waals surface area contributed by atoms with Gasteiger partial charge in [0.1, 0.15) is 13.2 Å². The smallest absolute Gasteiger partial charge is 0.255 e. The van der Waals surface area contributed by atoms with E-state index in [0.29, 0.717) is 41.0 Å². The van der Waals surface area contributed by atoms with Crippen molar-refractivity contribution in [2.75, 3.05) is 18.5 Å². The van der Waals surface area contributed by atoms with Crippen molar-refractivity contribution in [3.8, 4) is 11.5 Å². The minimum atomic E-state index is -0.231. The van der Waals surface area contributed by atoms with Crippen LogP contribution in [0.5, 0.6) is 11.5 Å². The van der Waals surface area contributed by atoms with Crippen molar-refractivity contribution in [1.82, 2.24) is 0 Å². The molecule has 2 aromatic carbocycles. The number of rotatable bonds is 2. The Morgan fingerprint density at radius 2 is 1.82 bits per heavy atom. The maximum atomic E-state index is 12.4. The second kappa shape index (κ2) is 5.89. The molecule has 3 rings (SSSR count). The molecule has 4 nitrogen and oxygen atoms in total. The van der Waals surface area contributed by atoms with Gasteiger partial charge in [-0.25, -0.2) is 0 Å². The first kappa shape index (κ1) is 14.7. The molecule has 0 saturated heterocycles. The van der Waals surface area contributed by atoms with Crippen LogP contribution in [0.25, 0.3) is 0 Å². The third kappa shape index (κ3) is 2.88. The van der Waals surface area contributed by atoms with Crippen LogP contribution in [-0.2, 0) is 0 Å². The molecule has 5 heteroatoms. The summed E-state index contributed by atoms with van der Waals surface area (Å²) in [7, 11) is 0. The van der Waals surface area contributed by atoms with Gasteiger partial charge in [0.2, 0.25) is 0 Å². The second-order valence-corrected chi connectivity index (χ2v) is 5.66. The predicted octanol–water partition coefficient (Wildman–Crippen LogP) is 3.98. The molecule has 0 bridgehead atoms. The van der Waals surface area contributed by atoms with Crippen molar-refractivity contribution in [3.63, 3.8) is 0 Å². The lowest BCUT2D eigenvalue weighted by Gasteiger charge is -2.19. The van der Waals surface area contributed by atoms with Crippen LogP contribution in [-0.4, -0.2) is 19.1 Å². The molecular formula is C17H16ClNO3. The fraction of sp³-hybridized carbons (Fsp3) is 0.235.